The molecule has 1 saturated carbocycles. The molecule has 1 aromatic carbocycles. The van der Waals surface area contributed by atoms with Crippen LogP contribution in [0.5, 0.6) is 0 Å². The van der Waals surface area contributed by atoms with E-state index < -0.39 is 0 Å². The number of nitrogens with zero attached hydrogens (tertiary/aromatic N) is 2. The van der Waals surface area contributed by atoms with E-state index in [1.165, 1.54) is 6.42 Å². The van der Waals surface area contributed by atoms with Gasteiger partial charge in [0.1, 0.15) is 5.52 Å². The van der Waals surface area contributed by atoms with Crippen LogP contribution < -0.4 is 11.1 Å². The number of rotatable bonds is 2. The summed E-state index contributed by atoms with van der Waals surface area (Å²) < 4.78 is 5.44. The van der Waals surface area contributed by atoms with Gasteiger partial charge < -0.3 is 10.2 Å². The average Bonchev–Trinajstić information content (AvgIpc) is 2.90. The van der Waals surface area contributed by atoms with Crippen LogP contribution in [0.4, 0.5) is 6.01 Å². The Balaban J connectivity index is 1.68. The van der Waals surface area contributed by atoms with Crippen LogP contribution in [-0.4, -0.2) is 16.9 Å². The molecule has 0 radical (unpaired) electrons. The summed E-state index contributed by atoms with van der Waals surface area (Å²) in [7, 11) is 0. The number of guanidine groups is 1. The quantitative estimate of drug-likeness (QED) is 0.655. The molecule has 0 unspecified atom stereocenters. The molecule has 21 heavy (non-hydrogen) atoms. The number of hydrogen-bond acceptors (Lipinski definition) is 4. The lowest BCUT2D eigenvalue weighted by Gasteiger charge is -2.20. The van der Waals surface area contributed by atoms with Crippen molar-refractivity contribution in [3.63, 3.8) is 0 Å². The maximum atomic E-state index is 12.0. The van der Waals surface area contributed by atoms with Crippen molar-refractivity contribution in [2.24, 2.45) is 16.6 Å². The first-order valence-corrected chi connectivity index (χ1v) is 7.23. The van der Waals surface area contributed by atoms with E-state index in [0.717, 1.165) is 25.7 Å². The maximum Gasteiger partial charge on any atom is 0.325 e. The van der Waals surface area contributed by atoms with E-state index in [4.69, 9.17) is 10.2 Å². The molecule has 0 bridgehead atoms. The topological polar surface area (TPSA) is 93.5 Å². The summed E-state index contributed by atoms with van der Waals surface area (Å²) >= 11 is 0. The zero-order chi connectivity index (χ0) is 14.7. The van der Waals surface area contributed by atoms with E-state index in [1.54, 1.807) is 6.07 Å². The van der Waals surface area contributed by atoms with Gasteiger partial charge in [0.05, 0.1) is 0 Å². The first kappa shape index (κ1) is 13.6. The molecular formula is C15H18N4O2. The Morgan fingerprint density at radius 3 is 2.81 bits per heavy atom. The van der Waals surface area contributed by atoms with Gasteiger partial charge in [-0.15, -0.1) is 0 Å². The van der Waals surface area contributed by atoms with Gasteiger partial charge in [-0.1, -0.05) is 31.4 Å². The third-order valence-corrected chi connectivity index (χ3v) is 3.73. The van der Waals surface area contributed by atoms with E-state index in [0.29, 0.717) is 11.1 Å². The molecule has 6 heteroatoms. The van der Waals surface area contributed by atoms with Crippen LogP contribution in [0.15, 0.2) is 33.7 Å². The summed E-state index contributed by atoms with van der Waals surface area (Å²) in [4.78, 5) is 20.3. The number of aromatic nitrogens is 1. The van der Waals surface area contributed by atoms with Gasteiger partial charge in [-0.25, -0.2) is 0 Å². The van der Waals surface area contributed by atoms with Crippen molar-refractivity contribution in [1.29, 1.82) is 0 Å². The van der Waals surface area contributed by atoms with Gasteiger partial charge in [0.15, 0.2) is 5.58 Å². The molecule has 0 aliphatic heterocycles. The average molecular weight is 286 g/mol. The van der Waals surface area contributed by atoms with Gasteiger partial charge in [-0.2, -0.15) is 9.98 Å². The van der Waals surface area contributed by atoms with Crippen molar-refractivity contribution in [3.05, 3.63) is 24.3 Å². The third kappa shape index (κ3) is 3.21. The molecule has 0 atom stereocenters. The van der Waals surface area contributed by atoms with Crippen LogP contribution in [0.3, 0.4) is 0 Å². The van der Waals surface area contributed by atoms with Crippen LogP contribution in [0.25, 0.3) is 11.1 Å². The number of benzene rings is 1. The molecule has 1 amide bonds. The molecule has 6 nitrogen and oxygen atoms in total. The lowest BCUT2D eigenvalue weighted by Crippen LogP contribution is -2.40. The van der Waals surface area contributed by atoms with Crippen molar-refractivity contribution in [2.45, 2.75) is 32.1 Å². The Morgan fingerprint density at radius 1 is 1.29 bits per heavy atom. The van der Waals surface area contributed by atoms with Gasteiger partial charge in [0, 0.05) is 5.92 Å². The zero-order valence-electron chi connectivity index (χ0n) is 11.7. The highest BCUT2D eigenvalue weighted by molar-refractivity contribution is 5.98. The van der Waals surface area contributed by atoms with E-state index in [1.807, 2.05) is 18.2 Å². The Hall–Kier alpha value is -2.37. The number of amides is 1. The summed E-state index contributed by atoms with van der Waals surface area (Å²) in [5, 5.41) is 2.63. The Labute approximate surface area is 122 Å². The Morgan fingerprint density at radius 2 is 2.05 bits per heavy atom. The highest BCUT2D eigenvalue weighted by Crippen LogP contribution is 2.23. The van der Waals surface area contributed by atoms with Crippen LogP contribution in [0.1, 0.15) is 32.1 Å². The number of aliphatic imine (C=N–C) groups is 1. The maximum absolute atomic E-state index is 12.0. The van der Waals surface area contributed by atoms with E-state index in [9.17, 15) is 4.79 Å². The molecule has 3 rings (SSSR count). The number of oxazole rings is 1. The second-order valence-electron chi connectivity index (χ2n) is 5.29. The van der Waals surface area contributed by atoms with Gasteiger partial charge >= 0.3 is 6.01 Å². The molecule has 2 aromatic rings. The highest BCUT2D eigenvalue weighted by atomic mass is 16.4. The van der Waals surface area contributed by atoms with Crippen molar-refractivity contribution >= 4 is 29.0 Å². The number of nitrogens with one attached hydrogen (secondary N) is 1. The molecule has 0 spiro atoms. The summed E-state index contributed by atoms with van der Waals surface area (Å²) in [6, 6.07) is 7.51. The Kier molecular flexibility index (Phi) is 3.85. The fourth-order valence-corrected chi connectivity index (χ4v) is 2.63. The number of hydrogen-bond donors (Lipinski definition) is 2. The summed E-state index contributed by atoms with van der Waals surface area (Å²) in [5.74, 6) is 0.000299. The molecule has 1 fully saturated rings. The number of nitrogens with two attached hydrogens (primary N) is 1. The lowest BCUT2D eigenvalue weighted by atomic mass is 9.89. The van der Waals surface area contributed by atoms with Crippen molar-refractivity contribution in [2.75, 3.05) is 0 Å². The smallest absolute Gasteiger partial charge is 0.325 e. The highest BCUT2D eigenvalue weighted by Gasteiger charge is 2.21. The van der Waals surface area contributed by atoms with Gasteiger partial charge in [0.2, 0.25) is 11.9 Å². The summed E-state index contributed by atoms with van der Waals surface area (Å²) in [6.45, 7) is 0. The molecule has 0 saturated heterocycles. The van der Waals surface area contributed by atoms with Crippen LogP contribution in [0.2, 0.25) is 0 Å². The van der Waals surface area contributed by atoms with Gasteiger partial charge in [-0.05, 0) is 25.0 Å². The summed E-state index contributed by atoms with van der Waals surface area (Å²) in [5.41, 5.74) is 7.11. The predicted molar refractivity (Wildman–Crippen MR) is 80.0 cm³/mol. The monoisotopic (exact) mass is 286 g/mol. The normalized spacial score (nSPS) is 17.0. The number of fused-ring (bicyclic) bond motifs is 1. The minimum absolute atomic E-state index is 0.0251. The fourth-order valence-electron chi connectivity index (χ4n) is 2.63. The largest absolute Gasteiger partial charge is 0.422 e. The van der Waals surface area contributed by atoms with Crippen LogP contribution in [-0.2, 0) is 4.79 Å². The van der Waals surface area contributed by atoms with Crippen LogP contribution >= 0.6 is 0 Å². The number of carbonyl (C=O) groups is 1. The lowest BCUT2D eigenvalue weighted by molar-refractivity contribution is -0.124. The zero-order valence-corrected chi connectivity index (χ0v) is 11.7. The second kappa shape index (κ2) is 5.95. The molecular weight excluding hydrogens is 268 g/mol. The predicted octanol–water partition coefficient (Wildman–Crippen LogP) is 2.47. The van der Waals surface area contributed by atoms with Gasteiger partial charge in [-0.3, -0.25) is 10.1 Å². The molecule has 110 valence electrons. The van der Waals surface area contributed by atoms with Crippen LogP contribution in [0, 0.1) is 5.92 Å². The molecule has 1 aliphatic rings. The first-order chi connectivity index (χ1) is 10.2. The third-order valence-electron chi connectivity index (χ3n) is 3.73. The van der Waals surface area contributed by atoms with Crippen molar-refractivity contribution < 1.29 is 9.21 Å². The number of carbonyl (C=O) groups excluding carboxylic acids is 1. The SMILES string of the molecule is NC(=Nc1nc2ccccc2o1)NC(=O)C1CCCCC1. The minimum atomic E-state index is -0.0629. The van der Waals surface area contributed by atoms with E-state index in [-0.39, 0.29) is 23.8 Å². The fraction of sp³-hybridized carbons (Fsp3) is 0.400. The van der Waals surface area contributed by atoms with E-state index in [2.05, 4.69) is 15.3 Å². The first-order valence-electron chi connectivity index (χ1n) is 7.23. The molecule has 1 heterocycles. The number of para-hydroxylation sites is 2. The van der Waals surface area contributed by atoms with Crippen molar-refractivity contribution in [3.8, 4) is 0 Å². The van der Waals surface area contributed by atoms with Crippen molar-refractivity contribution in [1.82, 2.24) is 10.3 Å². The standard InChI is InChI=1S/C15H18N4O2/c16-14(18-13(20)10-6-2-1-3-7-10)19-15-17-11-8-4-5-9-12(11)21-15/h4-5,8-10H,1-3,6-7H2,(H3,16,17,18,19,20). The minimum Gasteiger partial charge on any atom is -0.422 e. The Bertz CT molecular complexity index is 638. The molecule has 1 aromatic heterocycles. The second-order valence-corrected chi connectivity index (χ2v) is 5.29. The van der Waals surface area contributed by atoms with E-state index >= 15 is 0 Å². The molecule has 3 N–H and O–H groups in total. The summed E-state index contributed by atoms with van der Waals surface area (Å²) in [6.07, 6.45) is 5.24. The van der Waals surface area contributed by atoms with Gasteiger partial charge in [0.25, 0.3) is 0 Å². The molecule has 1 aliphatic carbocycles.